The average molecular weight is 472 g/mol. The van der Waals surface area contributed by atoms with Gasteiger partial charge in [0.05, 0.1) is 0 Å². The van der Waals surface area contributed by atoms with Crippen molar-refractivity contribution >= 4 is 42.4 Å². The van der Waals surface area contributed by atoms with Gasteiger partial charge in [0.15, 0.2) is 0 Å². The van der Waals surface area contributed by atoms with Crippen molar-refractivity contribution in [3.63, 3.8) is 0 Å². The third-order valence-corrected chi connectivity index (χ3v) is 7.30. The highest BCUT2D eigenvalue weighted by Crippen LogP contribution is 2.41. The zero-order chi connectivity index (χ0) is 20.4. The van der Waals surface area contributed by atoms with Crippen LogP contribution in [0, 0.1) is 23.7 Å². The number of aromatic nitrogens is 1. The Morgan fingerprint density at radius 2 is 1.71 bits per heavy atom. The van der Waals surface area contributed by atoms with Gasteiger partial charge >= 0.3 is 0 Å². The minimum atomic E-state index is -0.213. The van der Waals surface area contributed by atoms with E-state index in [0.29, 0.717) is 18.4 Å². The van der Waals surface area contributed by atoms with Crippen molar-refractivity contribution in [2.75, 3.05) is 18.0 Å². The van der Waals surface area contributed by atoms with Gasteiger partial charge in [0.1, 0.15) is 5.82 Å². The van der Waals surface area contributed by atoms with Crippen LogP contribution in [0.5, 0.6) is 0 Å². The largest absolute Gasteiger partial charge is 0.369 e. The van der Waals surface area contributed by atoms with Gasteiger partial charge in [-0.1, -0.05) is 12.5 Å². The van der Waals surface area contributed by atoms with E-state index in [2.05, 4.69) is 15.2 Å². The normalized spacial score (nSPS) is 28.1. The molecule has 9 heteroatoms. The molecule has 4 rings (SSSR count). The summed E-state index contributed by atoms with van der Waals surface area (Å²) in [4.78, 5) is 31.1. The first-order chi connectivity index (χ1) is 14.0. The summed E-state index contributed by atoms with van der Waals surface area (Å²) < 4.78 is 0. The highest BCUT2D eigenvalue weighted by molar-refractivity contribution is 5.85. The summed E-state index contributed by atoms with van der Waals surface area (Å²) in [6, 6.07) is 4.21. The average Bonchev–Trinajstić information content (AvgIpc) is 2.72. The zero-order valence-electron chi connectivity index (χ0n) is 17.9. The Hall–Kier alpha value is -1.57. The predicted molar refractivity (Wildman–Crippen MR) is 126 cm³/mol. The van der Waals surface area contributed by atoms with Gasteiger partial charge in [0, 0.05) is 49.3 Å². The lowest BCUT2D eigenvalue weighted by molar-refractivity contribution is -0.128. The molecular weight excluding hydrogens is 437 g/mol. The molecule has 2 bridgehead atoms. The number of hydrogen-bond donors (Lipinski definition) is 3. The molecule has 3 aliphatic rings. The van der Waals surface area contributed by atoms with Crippen molar-refractivity contribution in [3.05, 3.63) is 23.9 Å². The van der Waals surface area contributed by atoms with E-state index >= 15 is 0 Å². The number of primary amides is 1. The van der Waals surface area contributed by atoms with Gasteiger partial charge in [0.25, 0.3) is 0 Å². The number of halogens is 2. The van der Waals surface area contributed by atoms with E-state index < -0.39 is 0 Å². The quantitative estimate of drug-likeness (QED) is 0.609. The number of anilines is 1. The summed E-state index contributed by atoms with van der Waals surface area (Å²) in [6.07, 6.45) is 8.71. The fourth-order valence-electron chi connectivity index (χ4n) is 5.56. The van der Waals surface area contributed by atoms with Gasteiger partial charge in [-0.05, 0) is 56.4 Å². The summed E-state index contributed by atoms with van der Waals surface area (Å²) in [7, 11) is 0. The van der Waals surface area contributed by atoms with Gasteiger partial charge in [-0.3, -0.25) is 9.59 Å². The van der Waals surface area contributed by atoms with Crippen LogP contribution in [0.15, 0.2) is 18.3 Å². The van der Waals surface area contributed by atoms with E-state index in [9.17, 15) is 9.59 Å². The van der Waals surface area contributed by atoms with Crippen LogP contribution < -0.4 is 21.7 Å². The minimum Gasteiger partial charge on any atom is -0.369 e. The molecule has 0 radical (unpaired) electrons. The van der Waals surface area contributed by atoms with Crippen LogP contribution in [0.1, 0.15) is 50.5 Å². The molecule has 0 aromatic carbocycles. The maximum absolute atomic E-state index is 12.9. The number of rotatable bonds is 5. The second kappa shape index (κ2) is 11.3. The van der Waals surface area contributed by atoms with E-state index in [4.69, 9.17) is 11.5 Å². The lowest BCUT2D eigenvalue weighted by Gasteiger charge is -2.43. The lowest BCUT2D eigenvalue weighted by atomic mass is 9.65. The molecule has 1 aromatic heterocycles. The van der Waals surface area contributed by atoms with Crippen LogP contribution in [-0.4, -0.2) is 35.9 Å². The summed E-state index contributed by atoms with van der Waals surface area (Å²) in [5, 5.41) is 3.16. The smallest absolute Gasteiger partial charge is 0.223 e. The van der Waals surface area contributed by atoms with Crippen LogP contribution in [0.4, 0.5) is 5.82 Å². The standard InChI is InChI=1S/C22H33N5O2.2ClH/c23-19-15-3-1-4-16(19)12-18(11-15)22(29)26-13-17-5-2-8-25-21(17)27-9-6-14(7-10-27)20(24)28;;/h2,5,8,14-16,18-19H,1,3-4,6-7,9-13,23H2,(H2,24,28)(H,26,29);2*1H. The maximum Gasteiger partial charge on any atom is 0.223 e. The number of pyridine rings is 1. The van der Waals surface area contributed by atoms with Crippen LogP contribution >= 0.6 is 24.8 Å². The van der Waals surface area contributed by atoms with Crippen molar-refractivity contribution < 1.29 is 9.59 Å². The summed E-state index contributed by atoms with van der Waals surface area (Å²) in [5.41, 5.74) is 12.8. The predicted octanol–water partition coefficient (Wildman–Crippen LogP) is 2.40. The highest BCUT2D eigenvalue weighted by atomic mass is 35.5. The number of carbonyl (C=O) groups is 2. The molecule has 5 N–H and O–H groups in total. The molecule has 1 aliphatic heterocycles. The van der Waals surface area contributed by atoms with Gasteiger partial charge in [-0.2, -0.15) is 0 Å². The molecule has 1 aromatic rings. The van der Waals surface area contributed by atoms with Crippen LogP contribution in [0.2, 0.25) is 0 Å². The van der Waals surface area contributed by atoms with Crippen molar-refractivity contribution in [2.24, 2.45) is 35.1 Å². The number of fused-ring (bicyclic) bond motifs is 2. The van der Waals surface area contributed by atoms with Crippen molar-refractivity contribution in [1.29, 1.82) is 0 Å². The summed E-state index contributed by atoms with van der Waals surface area (Å²) in [5.74, 6) is 1.87. The molecule has 2 heterocycles. The Balaban J connectivity index is 0.00000171. The first-order valence-electron chi connectivity index (χ1n) is 11.0. The fourth-order valence-corrected chi connectivity index (χ4v) is 5.56. The molecule has 174 valence electrons. The summed E-state index contributed by atoms with van der Waals surface area (Å²) >= 11 is 0. The molecule has 0 spiro atoms. The molecule has 2 amide bonds. The van der Waals surface area contributed by atoms with Crippen molar-refractivity contribution in [3.8, 4) is 0 Å². The van der Waals surface area contributed by atoms with Crippen LogP contribution in [0.25, 0.3) is 0 Å². The second-order valence-corrected chi connectivity index (χ2v) is 9.06. The monoisotopic (exact) mass is 471 g/mol. The molecule has 2 atom stereocenters. The zero-order valence-corrected chi connectivity index (χ0v) is 19.5. The topological polar surface area (TPSA) is 114 Å². The number of amides is 2. The number of piperidine rings is 1. The van der Waals surface area contributed by atoms with Crippen molar-refractivity contribution in [2.45, 2.75) is 57.5 Å². The first kappa shape index (κ1) is 25.7. The molecule has 2 saturated carbocycles. The first-order valence-corrected chi connectivity index (χ1v) is 11.0. The number of nitrogens with one attached hydrogen (secondary N) is 1. The Morgan fingerprint density at radius 3 is 2.32 bits per heavy atom. The van der Waals surface area contributed by atoms with Gasteiger partial charge in [-0.25, -0.2) is 4.98 Å². The SMILES string of the molecule is Cl.Cl.NC(=O)C1CCN(c2ncccc2CNC(=O)C2CC3CCCC(C2)C3N)CC1. The van der Waals surface area contributed by atoms with E-state index in [0.717, 1.165) is 63.0 Å². The van der Waals surface area contributed by atoms with Crippen LogP contribution in [0.3, 0.4) is 0 Å². The Morgan fingerprint density at radius 1 is 1.06 bits per heavy atom. The minimum absolute atomic E-state index is 0. The second-order valence-electron chi connectivity index (χ2n) is 9.06. The van der Waals surface area contributed by atoms with E-state index in [-0.39, 0.29) is 54.5 Å². The van der Waals surface area contributed by atoms with Gasteiger partial charge in [0.2, 0.25) is 11.8 Å². The molecule has 2 aliphatic carbocycles. The Labute approximate surface area is 196 Å². The van der Waals surface area contributed by atoms with Crippen molar-refractivity contribution in [1.82, 2.24) is 10.3 Å². The van der Waals surface area contributed by atoms with Gasteiger partial charge < -0.3 is 21.7 Å². The molecule has 2 unspecified atom stereocenters. The third kappa shape index (κ3) is 5.82. The fraction of sp³-hybridized carbons (Fsp3) is 0.682. The number of carbonyl (C=O) groups excluding carboxylic acids is 2. The van der Waals surface area contributed by atoms with E-state index in [1.54, 1.807) is 6.20 Å². The Kier molecular flexibility index (Phi) is 9.40. The molecule has 3 fully saturated rings. The van der Waals surface area contributed by atoms with E-state index in [1.807, 2.05) is 12.1 Å². The van der Waals surface area contributed by atoms with Gasteiger partial charge in [-0.15, -0.1) is 24.8 Å². The molecule has 7 nitrogen and oxygen atoms in total. The number of hydrogen-bond acceptors (Lipinski definition) is 5. The Bertz CT molecular complexity index is 743. The molecule has 1 saturated heterocycles. The van der Waals surface area contributed by atoms with E-state index in [1.165, 1.54) is 6.42 Å². The summed E-state index contributed by atoms with van der Waals surface area (Å²) in [6.45, 7) is 2.00. The number of nitrogens with zero attached hydrogens (tertiary/aromatic N) is 2. The highest BCUT2D eigenvalue weighted by Gasteiger charge is 2.40. The van der Waals surface area contributed by atoms with Crippen LogP contribution in [-0.2, 0) is 16.1 Å². The lowest BCUT2D eigenvalue weighted by Crippen LogP contribution is -2.49. The maximum atomic E-state index is 12.9. The molecular formula is C22H35Cl2N5O2. The molecule has 31 heavy (non-hydrogen) atoms. The third-order valence-electron chi connectivity index (χ3n) is 7.30. The number of nitrogens with two attached hydrogens (primary N) is 2.